The number of fused-ring (bicyclic) bond motifs is 5. The molecule has 3 aromatic carbocycles. The fourth-order valence-corrected chi connectivity index (χ4v) is 4.67. The molecule has 0 saturated heterocycles. The number of ether oxygens (including phenoxy) is 1. The predicted molar refractivity (Wildman–Crippen MR) is 137 cm³/mol. The Morgan fingerprint density at radius 3 is 2.54 bits per heavy atom. The van der Waals surface area contributed by atoms with Gasteiger partial charge < -0.3 is 15.2 Å². The minimum absolute atomic E-state index is 0.0841. The number of anilines is 1. The Bertz CT molecular complexity index is 1770. The van der Waals surface area contributed by atoms with Crippen molar-refractivity contribution in [3.63, 3.8) is 0 Å². The van der Waals surface area contributed by atoms with E-state index < -0.39 is 0 Å². The summed E-state index contributed by atoms with van der Waals surface area (Å²) in [6.07, 6.45) is 2.33. The summed E-state index contributed by atoms with van der Waals surface area (Å²) in [4.78, 5) is 30.3. The molecule has 0 unspecified atom stereocenters. The molecule has 2 N–H and O–H groups in total. The molecule has 0 atom stereocenters. The minimum atomic E-state index is -0.280. The average molecular weight is 463 g/mol. The van der Waals surface area contributed by atoms with Crippen LogP contribution < -0.4 is 15.6 Å². The smallest absolute Gasteiger partial charge is 0.263 e. The fourth-order valence-electron chi connectivity index (χ4n) is 4.67. The van der Waals surface area contributed by atoms with Gasteiger partial charge in [-0.15, -0.1) is 0 Å². The molecular weight excluding hydrogens is 442 g/mol. The molecule has 7 heteroatoms. The van der Waals surface area contributed by atoms with Gasteiger partial charge in [-0.05, 0) is 54.4 Å². The van der Waals surface area contributed by atoms with Crippen molar-refractivity contribution in [1.82, 2.24) is 9.38 Å². The zero-order valence-electron chi connectivity index (χ0n) is 18.7. The van der Waals surface area contributed by atoms with Crippen molar-refractivity contribution in [3.05, 3.63) is 94.9 Å². The van der Waals surface area contributed by atoms with Crippen LogP contribution in [0.15, 0.2) is 83.8 Å². The van der Waals surface area contributed by atoms with Gasteiger partial charge in [0.05, 0.1) is 16.6 Å². The van der Waals surface area contributed by atoms with Crippen LogP contribution in [-0.4, -0.2) is 33.6 Å². The molecule has 7 nitrogen and oxygen atoms in total. The standard InChI is InChI=1S/C28H21N3O4/c32-14-12-17-5-7-18(8-6-17)30-25(33)16-35-19-9-10-24-23(15-19)21-11-13-29-26-20-3-1-2-4-22(20)28(34)31(24)27(21)26/h1-11,13,15,32H,12,14,16H2,(H,30,33). The number of rotatable bonds is 6. The normalized spacial score (nSPS) is 11.6. The molecule has 3 heterocycles. The first-order valence-electron chi connectivity index (χ1n) is 11.3. The third-order valence-corrected chi connectivity index (χ3v) is 6.27. The van der Waals surface area contributed by atoms with E-state index in [0.29, 0.717) is 23.2 Å². The maximum absolute atomic E-state index is 13.3. The molecule has 0 aliphatic carbocycles. The number of carbonyl (C=O) groups is 1. The van der Waals surface area contributed by atoms with E-state index in [2.05, 4.69) is 10.3 Å². The number of benzene rings is 3. The average Bonchev–Trinajstić information content (AvgIpc) is 3.22. The molecule has 0 spiro atoms. The Morgan fingerprint density at radius 1 is 0.943 bits per heavy atom. The van der Waals surface area contributed by atoms with Gasteiger partial charge >= 0.3 is 0 Å². The summed E-state index contributed by atoms with van der Waals surface area (Å²) >= 11 is 0. The highest BCUT2D eigenvalue weighted by atomic mass is 16.5. The Hall–Kier alpha value is -4.49. The first-order valence-corrected chi connectivity index (χ1v) is 11.3. The summed E-state index contributed by atoms with van der Waals surface area (Å²) in [5, 5.41) is 15.1. The zero-order chi connectivity index (χ0) is 23.9. The highest BCUT2D eigenvalue weighted by Gasteiger charge is 2.18. The van der Waals surface area contributed by atoms with E-state index in [1.54, 1.807) is 28.8 Å². The van der Waals surface area contributed by atoms with Gasteiger partial charge in [-0.1, -0.05) is 30.3 Å². The monoisotopic (exact) mass is 463 g/mol. The highest BCUT2D eigenvalue weighted by Crippen LogP contribution is 2.34. The molecule has 0 fully saturated rings. The van der Waals surface area contributed by atoms with Gasteiger partial charge in [0, 0.05) is 40.0 Å². The number of pyridine rings is 2. The molecule has 1 amide bonds. The van der Waals surface area contributed by atoms with Gasteiger partial charge in [0.1, 0.15) is 5.75 Å². The summed E-state index contributed by atoms with van der Waals surface area (Å²) in [7, 11) is 0. The van der Waals surface area contributed by atoms with E-state index in [9.17, 15) is 9.59 Å². The molecule has 172 valence electrons. The quantitative estimate of drug-likeness (QED) is 0.362. The van der Waals surface area contributed by atoms with Gasteiger partial charge in [-0.2, -0.15) is 0 Å². The summed E-state index contributed by atoms with van der Waals surface area (Å²) in [6.45, 7) is -0.0683. The van der Waals surface area contributed by atoms with Crippen LogP contribution in [-0.2, 0) is 11.2 Å². The highest BCUT2D eigenvalue weighted by molar-refractivity contribution is 6.18. The van der Waals surface area contributed by atoms with Gasteiger partial charge in [0.25, 0.3) is 11.5 Å². The van der Waals surface area contributed by atoms with Crippen molar-refractivity contribution in [2.75, 3.05) is 18.5 Å². The lowest BCUT2D eigenvalue weighted by atomic mass is 10.1. The second-order valence-electron chi connectivity index (χ2n) is 8.43. The topological polar surface area (TPSA) is 92.9 Å². The number of hydrogen-bond donors (Lipinski definition) is 2. The van der Waals surface area contributed by atoms with Crippen molar-refractivity contribution in [2.45, 2.75) is 6.42 Å². The lowest BCUT2D eigenvalue weighted by Gasteiger charge is -2.08. The maximum atomic E-state index is 13.3. The van der Waals surface area contributed by atoms with Gasteiger partial charge in [-0.25, -0.2) is 0 Å². The van der Waals surface area contributed by atoms with Gasteiger partial charge in [-0.3, -0.25) is 19.0 Å². The van der Waals surface area contributed by atoms with Gasteiger partial charge in [0.15, 0.2) is 6.61 Å². The molecule has 0 aliphatic heterocycles. The van der Waals surface area contributed by atoms with E-state index in [-0.39, 0.29) is 24.7 Å². The SMILES string of the molecule is O=C(COc1ccc2c(c1)c1ccnc3c4ccccc4c(=O)n2c13)Nc1ccc(CCO)cc1. The molecule has 0 aliphatic rings. The van der Waals surface area contributed by atoms with E-state index in [1.165, 1.54) is 0 Å². The van der Waals surface area contributed by atoms with Crippen molar-refractivity contribution < 1.29 is 14.6 Å². The van der Waals surface area contributed by atoms with Crippen LogP contribution in [0.25, 0.3) is 38.1 Å². The van der Waals surface area contributed by atoms with Crippen LogP contribution in [0.2, 0.25) is 0 Å². The first kappa shape index (κ1) is 21.1. The Morgan fingerprint density at radius 2 is 1.74 bits per heavy atom. The van der Waals surface area contributed by atoms with Crippen molar-refractivity contribution in [3.8, 4) is 5.75 Å². The van der Waals surface area contributed by atoms with Crippen LogP contribution >= 0.6 is 0 Å². The second-order valence-corrected chi connectivity index (χ2v) is 8.43. The molecule has 35 heavy (non-hydrogen) atoms. The number of aromatic nitrogens is 2. The number of nitrogens with one attached hydrogen (secondary N) is 1. The zero-order valence-corrected chi connectivity index (χ0v) is 18.7. The number of hydrogen-bond acceptors (Lipinski definition) is 5. The van der Waals surface area contributed by atoms with Crippen molar-refractivity contribution >= 4 is 49.7 Å². The van der Waals surface area contributed by atoms with Crippen LogP contribution in [0.3, 0.4) is 0 Å². The molecule has 0 saturated carbocycles. The number of aliphatic hydroxyl groups excluding tert-OH is 1. The second kappa shape index (κ2) is 8.38. The summed E-state index contributed by atoms with van der Waals surface area (Å²) < 4.78 is 7.50. The van der Waals surface area contributed by atoms with Crippen LogP contribution in [0.1, 0.15) is 5.56 Å². The first-order chi connectivity index (χ1) is 17.1. The van der Waals surface area contributed by atoms with E-state index >= 15 is 0 Å². The summed E-state index contributed by atoms with van der Waals surface area (Å²) in [5.74, 6) is 0.255. The number of aliphatic hydroxyl groups is 1. The number of carbonyl (C=O) groups excluding carboxylic acids is 1. The number of amides is 1. The van der Waals surface area contributed by atoms with Crippen molar-refractivity contribution in [2.24, 2.45) is 0 Å². The third kappa shape index (κ3) is 3.53. The molecular formula is C28H21N3O4. The molecule has 3 aromatic heterocycles. The molecule has 0 radical (unpaired) electrons. The lowest BCUT2D eigenvalue weighted by Crippen LogP contribution is -2.20. The lowest BCUT2D eigenvalue weighted by molar-refractivity contribution is -0.118. The Kier molecular flexibility index (Phi) is 5.04. The van der Waals surface area contributed by atoms with E-state index in [4.69, 9.17) is 9.84 Å². The van der Waals surface area contributed by atoms with Crippen LogP contribution in [0, 0.1) is 0 Å². The molecule has 6 rings (SSSR count). The van der Waals surface area contributed by atoms with Gasteiger partial charge in [0.2, 0.25) is 0 Å². The molecule has 0 bridgehead atoms. The predicted octanol–water partition coefficient (Wildman–Crippen LogP) is 4.14. The maximum Gasteiger partial charge on any atom is 0.263 e. The summed E-state index contributed by atoms with van der Waals surface area (Å²) in [6, 6.07) is 22.2. The van der Waals surface area contributed by atoms with Crippen LogP contribution in [0.5, 0.6) is 5.75 Å². The summed E-state index contributed by atoms with van der Waals surface area (Å²) in [5.41, 5.74) is 3.91. The Labute approximate surface area is 199 Å². The minimum Gasteiger partial charge on any atom is -0.484 e. The van der Waals surface area contributed by atoms with E-state index in [0.717, 1.165) is 38.3 Å². The van der Waals surface area contributed by atoms with Crippen LogP contribution in [0.4, 0.5) is 5.69 Å². The third-order valence-electron chi connectivity index (χ3n) is 6.27. The van der Waals surface area contributed by atoms with Crippen molar-refractivity contribution in [1.29, 1.82) is 0 Å². The van der Waals surface area contributed by atoms with E-state index in [1.807, 2.05) is 54.6 Å². The fraction of sp³-hybridized carbons (Fsp3) is 0.107. The Balaban J connectivity index is 1.32. The largest absolute Gasteiger partial charge is 0.484 e. The molecule has 6 aromatic rings. The number of nitrogens with zero attached hydrogens (tertiary/aromatic N) is 2.